The first-order chi connectivity index (χ1) is 15.1. The number of aromatic nitrogens is 2. The maximum Gasteiger partial charge on any atom is 0.190 e. The summed E-state index contributed by atoms with van der Waals surface area (Å²) >= 11 is 0. The minimum Gasteiger partial charge on any atom is -0.491 e. The Morgan fingerprint density at radius 3 is 2.71 bits per heavy atom. The van der Waals surface area contributed by atoms with Gasteiger partial charge in [-0.05, 0) is 35.7 Å². The molecule has 0 bridgehead atoms. The molecule has 3 heterocycles. The monoisotopic (exact) mass is 423 g/mol. The van der Waals surface area contributed by atoms with Gasteiger partial charge in [-0.1, -0.05) is 18.2 Å². The highest BCUT2D eigenvalue weighted by Gasteiger charge is 2.24. The molecule has 31 heavy (non-hydrogen) atoms. The van der Waals surface area contributed by atoms with Crippen molar-refractivity contribution in [1.82, 2.24) is 14.9 Å². The van der Waals surface area contributed by atoms with Crippen LogP contribution in [0.15, 0.2) is 36.4 Å². The summed E-state index contributed by atoms with van der Waals surface area (Å²) in [5, 5.41) is 11.6. The quantitative estimate of drug-likeness (QED) is 0.510. The lowest BCUT2D eigenvalue weighted by atomic mass is 9.96. The van der Waals surface area contributed by atoms with Gasteiger partial charge >= 0.3 is 0 Å². The molecule has 0 aliphatic carbocycles. The zero-order valence-corrected chi connectivity index (χ0v) is 17.2. The molecule has 1 aliphatic heterocycles. The Balaban J connectivity index is 1.67. The number of ether oxygens (including phenoxy) is 1. The molecule has 0 fully saturated rings. The summed E-state index contributed by atoms with van der Waals surface area (Å²) in [6.45, 7) is 2.20. The number of H-pyrrole nitrogens is 1. The number of hydrogen-bond acceptors (Lipinski definition) is 4. The number of pyridine rings is 1. The van der Waals surface area contributed by atoms with Crippen LogP contribution < -0.4 is 4.74 Å². The van der Waals surface area contributed by atoms with E-state index in [-0.39, 0.29) is 18.8 Å². The van der Waals surface area contributed by atoms with Crippen LogP contribution in [0.5, 0.6) is 5.75 Å². The summed E-state index contributed by atoms with van der Waals surface area (Å²) in [6.07, 6.45) is 1.13. The lowest BCUT2D eigenvalue weighted by Crippen LogP contribution is -2.33. The van der Waals surface area contributed by atoms with E-state index in [9.17, 15) is 13.9 Å². The van der Waals surface area contributed by atoms with Crippen molar-refractivity contribution in [3.63, 3.8) is 0 Å². The van der Waals surface area contributed by atoms with Gasteiger partial charge in [-0.25, -0.2) is 8.78 Å². The molecule has 0 amide bonds. The van der Waals surface area contributed by atoms with Crippen LogP contribution in [0.2, 0.25) is 0 Å². The molecule has 2 aromatic carbocycles. The van der Waals surface area contributed by atoms with Crippen LogP contribution in [-0.2, 0) is 19.4 Å². The summed E-state index contributed by atoms with van der Waals surface area (Å²) in [7, 11) is 1.25. The molecule has 5 rings (SSSR count). The molecule has 2 aromatic heterocycles. The first kappa shape index (κ1) is 19.9. The Kier molecular flexibility index (Phi) is 5.08. The number of β-amino-alcohol motifs (C(OH)–C–C–N with tert-alkyl or cyclic N) is 1. The van der Waals surface area contributed by atoms with Gasteiger partial charge in [0, 0.05) is 42.3 Å². The molecule has 0 saturated carbocycles. The summed E-state index contributed by atoms with van der Waals surface area (Å²) < 4.78 is 33.4. The van der Waals surface area contributed by atoms with Crippen molar-refractivity contribution in [2.24, 2.45) is 0 Å². The number of aliphatic hydroxyl groups is 1. The van der Waals surface area contributed by atoms with Gasteiger partial charge < -0.3 is 14.8 Å². The lowest BCUT2D eigenvalue weighted by Gasteiger charge is -2.28. The Labute approximate surface area is 178 Å². The van der Waals surface area contributed by atoms with Gasteiger partial charge in [-0.2, -0.15) is 0 Å². The van der Waals surface area contributed by atoms with Crippen molar-refractivity contribution < 1.29 is 18.6 Å². The molecule has 0 radical (unpaired) electrons. The zero-order chi connectivity index (χ0) is 21.5. The van der Waals surface area contributed by atoms with Crippen LogP contribution in [0.25, 0.3) is 21.8 Å². The van der Waals surface area contributed by atoms with E-state index in [0.717, 1.165) is 46.2 Å². The van der Waals surface area contributed by atoms with Gasteiger partial charge in [0.25, 0.3) is 0 Å². The van der Waals surface area contributed by atoms with E-state index in [0.29, 0.717) is 18.7 Å². The Morgan fingerprint density at radius 2 is 1.97 bits per heavy atom. The number of rotatable bonds is 5. The van der Waals surface area contributed by atoms with E-state index in [1.165, 1.54) is 24.8 Å². The third-order valence-corrected chi connectivity index (χ3v) is 6.02. The van der Waals surface area contributed by atoms with Gasteiger partial charge in [-0.3, -0.25) is 9.88 Å². The Hall–Kier alpha value is -3.03. The Morgan fingerprint density at radius 1 is 1.19 bits per heavy atom. The number of fused-ring (bicyclic) bond motifs is 5. The number of aromatic amines is 1. The van der Waals surface area contributed by atoms with Crippen LogP contribution in [-0.4, -0.2) is 46.8 Å². The second-order valence-electron chi connectivity index (χ2n) is 7.92. The normalized spacial score (nSPS) is 14.3. The third-order valence-electron chi connectivity index (χ3n) is 6.02. The van der Waals surface area contributed by atoms with Crippen LogP contribution in [0, 0.1) is 11.6 Å². The van der Waals surface area contributed by atoms with Crippen molar-refractivity contribution >= 4 is 21.8 Å². The van der Waals surface area contributed by atoms with E-state index in [1.54, 1.807) is 0 Å². The molecule has 2 N–H and O–H groups in total. The molecule has 5 nitrogen and oxygen atoms in total. The number of benzene rings is 2. The lowest BCUT2D eigenvalue weighted by molar-refractivity contribution is 0.183. The van der Waals surface area contributed by atoms with Crippen molar-refractivity contribution in [2.45, 2.75) is 19.4 Å². The van der Waals surface area contributed by atoms with Crippen LogP contribution in [0.1, 0.15) is 22.5 Å². The van der Waals surface area contributed by atoms with E-state index in [1.807, 2.05) is 18.2 Å². The van der Waals surface area contributed by atoms with E-state index >= 15 is 0 Å². The highest BCUT2D eigenvalue weighted by atomic mass is 19.1. The molecule has 0 saturated heterocycles. The van der Waals surface area contributed by atoms with E-state index in [2.05, 4.69) is 16.0 Å². The molecule has 160 valence electrons. The molecule has 0 unspecified atom stereocenters. The second kappa shape index (κ2) is 7.90. The molecule has 1 aliphatic rings. The van der Waals surface area contributed by atoms with Gasteiger partial charge in [0.1, 0.15) is 0 Å². The summed E-state index contributed by atoms with van der Waals surface area (Å²) in [6, 6.07) is 10.7. The van der Waals surface area contributed by atoms with Gasteiger partial charge in [0.05, 0.1) is 30.6 Å². The highest BCUT2D eigenvalue weighted by Crippen LogP contribution is 2.35. The smallest absolute Gasteiger partial charge is 0.190 e. The molecule has 7 heteroatoms. The summed E-state index contributed by atoms with van der Waals surface area (Å²) in [5.74, 6) is -1.83. The average molecular weight is 423 g/mol. The predicted octanol–water partition coefficient (Wildman–Crippen LogP) is 3.94. The minimum atomic E-state index is -0.725. The van der Waals surface area contributed by atoms with E-state index in [4.69, 9.17) is 9.72 Å². The van der Waals surface area contributed by atoms with E-state index < -0.39 is 11.6 Å². The van der Waals surface area contributed by atoms with Crippen molar-refractivity contribution in [2.75, 3.05) is 26.8 Å². The fraction of sp³-hybridized carbons (Fsp3) is 0.292. The van der Waals surface area contributed by atoms with Crippen LogP contribution in [0.4, 0.5) is 8.78 Å². The van der Waals surface area contributed by atoms with Crippen LogP contribution in [0.3, 0.4) is 0 Å². The largest absolute Gasteiger partial charge is 0.491 e. The molecule has 0 spiro atoms. The van der Waals surface area contributed by atoms with Gasteiger partial charge in [0.2, 0.25) is 0 Å². The second-order valence-corrected chi connectivity index (χ2v) is 7.92. The fourth-order valence-corrected chi connectivity index (χ4v) is 4.63. The average Bonchev–Trinajstić information content (AvgIpc) is 3.14. The third kappa shape index (κ3) is 3.43. The molecule has 0 atom stereocenters. The molecular formula is C24H23F2N3O2. The van der Waals surface area contributed by atoms with Crippen molar-refractivity contribution in [3.8, 4) is 5.75 Å². The summed E-state index contributed by atoms with van der Waals surface area (Å²) in [5.41, 5.74) is 5.33. The molecule has 4 aromatic rings. The number of hydrogen-bond donors (Lipinski definition) is 2. The maximum absolute atomic E-state index is 14.3. The molecular weight excluding hydrogens is 400 g/mol. The Bertz CT molecular complexity index is 1260. The summed E-state index contributed by atoms with van der Waals surface area (Å²) in [4.78, 5) is 10.6. The number of nitrogens with zero attached hydrogens (tertiary/aromatic N) is 2. The van der Waals surface area contributed by atoms with Crippen molar-refractivity contribution in [1.29, 1.82) is 0 Å². The first-order valence-corrected chi connectivity index (χ1v) is 10.3. The standard InChI is InChI=1S/C24H23F2N3O2/c1-31-24-17(25)10-14(11-18(24)26)12-20-23-22(15-4-2-3-5-19(15)28-23)16-6-7-29(8-9-30)13-21(16)27-20/h2-5,10-11,28,30H,6-9,12-13H2,1H3. The number of halogens is 2. The van der Waals surface area contributed by atoms with Gasteiger partial charge in [0.15, 0.2) is 17.4 Å². The van der Waals surface area contributed by atoms with Crippen LogP contribution >= 0.6 is 0 Å². The predicted molar refractivity (Wildman–Crippen MR) is 115 cm³/mol. The SMILES string of the molecule is COc1c(F)cc(Cc2nc3c(c4c2[nH]c2ccccc24)CCN(CCO)C3)cc1F. The number of aliphatic hydroxyl groups excluding tert-OH is 1. The first-order valence-electron chi connectivity index (χ1n) is 10.3. The topological polar surface area (TPSA) is 61.4 Å². The minimum absolute atomic E-state index is 0.0991. The highest BCUT2D eigenvalue weighted by molar-refractivity contribution is 6.10. The van der Waals surface area contributed by atoms with Gasteiger partial charge in [-0.15, -0.1) is 0 Å². The zero-order valence-electron chi connectivity index (χ0n) is 17.2. The maximum atomic E-state index is 14.3. The number of para-hydroxylation sites is 1. The van der Waals surface area contributed by atoms with Crippen molar-refractivity contribution in [3.05, 3.63) is 70.5 Å². The number of methoxy groups -OCH3 is 1. The number of nitrogens with one attached hydrogen (secondary N) is 1. The fourth-order valence-electron chi connectivity index (χ4n) is 4.63.